The highest BCUT2D eigenvalue weighted by atomic mass is 19.4. The van der Waals surface area contributed by atoms with Gasteiger partial charge in [-0.05, 0) is 30.5 Å². The van der Waals surface area contributed by atoms with E-state index in [-0.39, 0.29) is 11.6 Å². The average Bonchev–Trinajstić information content (AvgIpc) is 2.90. The van der Waals surface area contributed by atoms with Crippen molar-refractivity contribution in [1.82, 2.24) is 4.90 Å². The van der Waals surface area contributed by atoms with E-state index < -0.39 is 29.7 Å². The number of rotatable bonds is 1. The zero-order valence-corrected chi connectivity index (χ0v) is 11.2. The normalized spacial score (nSPS) is 25.7. The number of amides is 3. The van der Waals surface area contributed by atoms with E-state index in [4.69, 9.17) is 0 Å². The Kier molecular flexibility index (Phi) is 2.96. The minimum atomic E-state index is -4.51. The van der Waals surface area contributed by atoms with Gasteiger partial charge in [-0.25, -0.2) is 9.69 Å². The van der Waals surface area contributed by atoms with E-state index in [9.17, 15) is 22.8 Å². The van der Waals surface area contributed by atoms with Crippen LogP contribution in [0.15, 0.2) is 24.3 Å². The third-order valence-electron chi connectivity index (χ3n) is 4.04. The summed E-state index contributed by atoms with van der Waals surface area (Å²) in [7, 11) is 0. The lowest BCUT2D eigenvalue weighted by Crippen LogP contribution is -2.33. The van der Waals surface area contributed by atoms with Gasteiger partial charge in [-0.1, -0.05) is 13.0 Å². The van der Waals surface area contributed by atoms with Crippen LogP contribution in [0, 0.1) is 5.92 Å². The fraction of sp³-hybridized carbons (Fsp3) is 0.429. The molecule has 2 heterocycles. The summed E-state index contributed by atoms with van der Waals surface area (Å²) in [5.74, 6) is -0.415. The molecule has 0 radical (unpaired) electrons. The number of alkyl halides is 3. The molecule has 0 N–H and O–H groups in total. The van der Waals surface area contributed by atoms with E-state index in [2.05, 4.69) is 0 Å². The maximum Gasteiger partial charge on any atom is 0.416 e. The largest absolute Gasteiger partial charge is 0.416 e. The number of carbonyl (C=O) groups excluding carboxylic acids is 2. The molecule has 112 valence electrons. The molecule has 2 fully saturated rings. The van der Waals surface area contributed by atoms with E-state index in [0.717, 1.165) is 23.5 Å². The molecule has 1 aromatic rings. The van der Waals surface area contributed by atoms with Crippen molar-refractivity contribution >= 4 is 17.6 Å². The number of anilines is 1. The van der Waals surface area contributed by atoms with Crippen molar-refractivity contribution in [2.45, 2.75) is 25.6 Å². The summed E-state index contributed by atoms with van der Waals surface area (Å²) < 4.78 is 38.2. The first-order valence-electron chi connectivity index (χ1n) is 6.62. The van der Waals surface area contributed by atoms with Crippen LogP contribution in [0.1, 0.15) is 18.9 Å². The lowest BCUT2D eigenvalue weighted by atomic mass is 10.0. The van der Waals surface area contributed by atoms with Gasteiger partial charge in [0.1, 0.15) is 6.04 Å². The maximum atomic E-state index is 12.7. The SMILES string of the molecule is CC1CCN2C(=O)N(c3cccc(C(F)(F)F)c3)C(=O)C12. The maximum absolute atomic E-state index is 12.7. The Bertz CT molecular complexity index is 614. The van der Waals surface area contributed by atoms with Gasteiger partial charge in [-0.2, -0.15) is 13.2 Å². The second-order valence-corrected chi connectivity index (χ2v) is 5.41. The Morgan fingerprint density at radius 1 is 1.24 bits per heavy atom. The van der Waals surface area contributed by atoms with E-state index in [0.29, 0.717) is 6.54 Å². The van der Waals surface area contributed by atoms with Gasteiger partial charge in [-0.3, -0.25) is 4.79 Å². The van der Waals surface area contributed by atoms with Crippen LogP contribution in [0.4, 0.5) is 23.7 Å². The summed E-state index contributed by atoms with van der Waals surface area (Å²) in [6, 6.07) is 3.21. The molecule has 0 aromatic heterocycles. The summed E-state index contributed by atoms with van der Waals surface area (Å²) in [5.41, 5.74) is -0.901. The van der Waals surface area contributed by atoms with Crippen LogP contribution < -0.4 is 4.90 Å². The summed E-state index contributed by atoms with van der Waals surface area (Å²) in [5, 5.41) is 0. The number of halogens is 3. The first kappa shape index (κ1) is 13.9. The number of hydrogen-bond donors (Lipinski definition) is 0. The number of urea groups is 1. The first-order chi connectivity index (χ1) is 9.80. The summed E-state index contributed by atoms with van der Waals surface area (Å²) in [6.45, 7) is 2.33. The number of benzene rings is 1. The number of carbonyl (C=O) groups is 2. The van der Waals surface area contributed by atoms with Gasteiger partial charge >= 0.3 is 12.2 Å². The van der Waals surface area contributed by atoms with Crippen LogP contribution >= 0.6 is 0 Å². The number of fused-ring (bicyclic) bond motifs is 1. The lowest BCUT2D eigenvalue weighted by molar-refractivity contribution is -0.137. The minimum Gasteiger partial charge on any atom is -0.312 e. The molecule has 21 heavy (non-hydrogen) atoms. The summed E-state index contributed by atoms with van der Waals surface area (Å²) >= 11 is 0. The second kappa shape index (κ2) is 4.47. The molecule has 4 nitrogen and oxygen atoms in total. The molecule has 0 spiro atoms. The van der Waals surface area contributed by atoms with Gasteiger partial charge in [0.25, 0.3) is 5.91 Å². The molecule has 7 heteroatoms. The Morgan fingerprint density at radius 3 is 2.57 bits per heavy atom. The molecule has 2 unspecified atom stereocenters. The minimum absolute atomic E-state index is 0.0252. The Morgan fingerprint density at radius 2 is 1.95 bits per heavy atom. The summed E-state index contributed by atoms with van der Waals surface area (Å²) in [4.78, 5) is 26.9. The molecule has 2 aliphatic rings. The van der Waals surface area contributed by atoms with Crippen molar-refractivity contribution in [3.8, 4) is 0 Å². The van der Waals surface area contributed by atoms with Gasteiger partial charge in [0.05, 0.1) is 11.3 Å². The van der Waals surface area contributed by atoms with Gasteiger partial charge in [-0.15, -0.1) is 0 Å². The average molecular weight is 298 g/mol. The topological polar surface area (TPSA) is 40.6 Å². The molecule has 1 aromatic carbocycles. The van der Waals surface area contributed by atoms with Gasteiger partial charge in [0.15, 0.2) is 0 Å². The summed E-state index contributed by atoms with van der Waals surface area (Å²) in [6.07, 6.45) is -3.77. The zero-order valence-electron chi connectivity index (χ0n) is 11.2. The van der Waals surface area contributed by atoms with Crippen molar-refractivity contribution in [3.63, 3.8) is 0 Å². The van der Waals surface area contributed by atoms with E-state index in [1.807, 2.05) is 6.92 Å². The molecule has 3 rings (SSSR count). The highest BCUT2D eigenvalue weighted by molar-refractivity contribution is 6.21. The van der Waals surface area contributed by atoms with Crippen molar-refractivity contribution in [2.24, 2.45) is 5.92 Å². The molecule has 2 atom stereocenters. The van der Waals surface area contributed by atoms with Crippen LogP contribution in [-0.4, -0.2) is 29.4 Å². The van der Waals surface area contributed by atoms with Crippen molar-refractivity contribution in [3.05, 3.63) is 29.8 Å². The molecule has 0 bridgehead atoms. The highest BCUT2D eigenvalue weighted by Gasteiger charge is 2.51. The predicted molar refractivity (Wildman–Crippen MR) is 68.6 cm³/mol. The molecule has 2 aliphatic heterocycles. The molecular weight excluding hydrogens is 285 g/mol. The van der Waals surface area contributed by atoms with E-state index in [1.54, 1.807) is 0 Å². The van der Waals surface area contributed by atoms with Crippen molar-refractivity contribution in [2.75, 3.05) is 11.4 Å². The number of hydrogen-bond acceptors (Lipinski definition) is 2. The zero-order chi connectivity index (χ0) is 15.4. The third-order valence-corrected chi connectivity index (χ3v) is 4.04. The van der Waals surface area contributed by atoms with Crippen molar-refractivity contribution < 1.29 is 22.8 Å². The fourth-order valence-corrected chi connectivity index (χ4v) is 2.95. The Hall–Kier alpha value is -2.05. The van der Waals surface area contributed by atoms with E-state index in [1.165, 1.54) is 17.0 Å². The monoisotopic (exact) mass is 298 g/mol. The standard InChI is InChI=1S/C14H13F3N2O2/c1-8-5-6-18-11(8)12(20)19(13(18)21)10-4-2-3-9(7-10)14(15,16)17/h2-4,7-8,11H,5-6H2,1H3. The smallest absolute Gasteiger partial charge is 0.312 e. The van der Waals surface area contributed by atoms with Crippen LogP contribution in [0.2, 0.25) is 0 Å². The van der Waals surface area contributed by atoms with Crippen LogP contribution in [-0.2, 0) is 11.0 Å². The molecule has 3 amide bonds. The number of imide groups is 1. The quantitative estimate of drug-likeness (QED) is 0.748. The molecule has 0 aliphatic carbocycles. The van der Waals surface area contributed by atoms with Crippen molar-refractivity contribution in [1.29, 1.82) is 0 Å². The Balaban J connectivity index is 1.98. The van der Waals surface area contributed by atoms with Crippen LogP contribution in [0.5, 0.6) is 0 Å². The molecule has 2 saturated heterocycles. The predicted octanol–water partition coefficient (Wildman–Crippen LogP) is 2.88. The molecule has 0 saturated carbocycles. The van der Waals surface area contributed by atoms with Gasteiger partial charge < -0.3 is 4.90 Å². The van der Waals surface area contributed by atoms with Crippen LogP contribution in [0.25, 0.3) is 0 Å². The lowest BCUT2D eigenvalue weighted by Gasteiger charge is -2.17. The first-order valence-corrected chi connectivity index (χ1v) is 6.62. The van der Waals surface area contributed by atoms with E-state index >= 15 is 0 Å². The molecular formula is C14H13F3N2O2. The second-order valence-electron chi connectivity index (χ2n) is 5.41. The van der Waals surface area contributed by atoms with Gasteiger partial charge in [0, 0.05) is 6.54 Å². The highest BCUT2D eigenvalue weighted by Crippen LogP contribution is 2.37. The fourth-order valence-electron chi connectivity index (χ4n) is 2.95. The number of nitrogens with zero attached hydrogens (tertiary/aromatic N) is 2. The van der Waals surface area contributed by atoms with Crippen LogP contribution in [0.3, 0.4) is 0 Å². The van der Waals surface area contributed by atoms with Gasteiger partial charge in [0.2, 0.25) is 0 Å². The Labute approximate surface area is 119 Å². The third kappa shape index (κ3) is 2.07.